The summed E-state index contributed by atoms with van der Waals surface area (Å²) in [6, 6.07) is 17.6. The molecule has 0 radical (unpaired) electrons. The van der Waals surface area contributed by atoms with E-state index in [1.165, 1.54) is 0 Å². The Morgan fingerprint density at radius 3 is 2.86 bits per heavy atom. The van der Waals surface area contributed by atoms with Crippen molar-refractivity contribution >= 4 is 17.2 Å². The fourth-order valence-electron chi connectivity index (χ4n) is 3.88. The first-order chi connectivity index (χ1) is 14.3. The van der Waals surface area contributed by atoms with Crippen molar-refractivity contribution in [3.05, 3.63) is 72.6 Å². The summed E-state index contributed by atoms with van der Waals surface area (Å²) in [7, 11) is 0. The summed E-state index contributed by atoms with van der Waals surface area (Å²) in [5, 5.41) is 3.01. The molecule has 1 aliphatic rings. The molecule has 1 unspecified atom stereocenters. The molecule has 4 heterocycles. The van der Waals surface area contributed by atoms with Crippen molar-refractivity contribution < 1.29 is 9.21 Å². The first-order valence-corrected chi connectivity index (χ1v) is 9.73. The van der Waals surface area contributed by atoms with E-state index in [4.69, 9.17) is 9.40 Å². The highest BCUT2D eigenvalue weighted by molar-refractivity contribution is 5.77. The fourth-order valence-corrected chi connectivity index (χ4v) is 3.88. The molecule has 1 saturated heterocycles. The van der Waals surface area contributed by atoms with Gasteiger partial charge in [0, 0.05) is 25.8 Å². The van der Waals surface area contributed by atoms with Crippen LogP contribution in [0.5, 0.6) is 0 Å². The van der Waals surface area contributed by atoms with E-state index in [1.54, 1.807) is 12.5 Å². The number of rotatable bonds is 4. The lowest BCUT2D eigenvalue weighted by atomic mass is 10.2. The molecule has 0 bridgehead atoms. The van der Waals surface area contributed by atoms with Crippen molar-refractivity contribution in [1.29, 1.82) is 0 Å². The Morgan fingerprint density at radius 2 is 2.03 bits per heavy atom. The summed E-state index contributed by atoms with van der Waals surface area (Å²) in [4.78, 5) is 23.8. The van der Waals surface area contributed by atoms with Gasteiger partial charge in [0.25, 0.3) is 0 Å². The molecule has 0 spiro atoms. The third-order valence-electron chi connectivity index (χ3n) is 5.29. The van der Waals surface area contributed by atoms with Crippen LogP contribution in [0.25, 0.3) is 22.7 Å². The Hall–Kier alpha value is -3.61. The number of furan rings is 1. The van der Waals surface area contributed by atoms with Crippen LogP contribution < -0.4 is 5.32 Å². The Bertz CT molecular complexity index is 1120. The van der Waals surface area contributed by atoms with Gasteiger partial charge in [-0.1, -0.05) is 30.3 Å². The van der Waals surface area contributed by atoms with Crippen LogP contribution in [0.4, 0.5) is 4.79 Å². The summed E-state index contributed by atoms with van der Waals surface area (Å²) < 4.78 is 7.72. The topological polar surface area (TPSA) is 76.2 Å². The van der Waals surface area contributed by atoms with Crippen LogP contribution in [0.3, 0.4) is 0 Å². The van der Waals surface area contributed by atoms with Crippen molar-refractivity contribution in [2.45, 2.75) is 19.0 Å². The monoisotopic (exact) mass is 387 g/mol. The molecule has 0 aliphatic carbocycles. The van der Waals surface area contributed by atoms with Crippen molar-refractivity contribution in [3.63, 3.8) is 0 Å². The number of carbonyl (C=O) groups excluding carboxylic acids is 1. The fraction of sp³-hybridized carbons (Fsp3) is 0.227. The molecule has 1 aliphatic heterocycles. The van der Waals surface area contributed by atoms with E-state index in [2.05, 4.69) is 14.9 Å². The van der Waals surface area contributed by atoms with Gasteiger partial charge in [-0.3, -0.25) is 0 Å². The van der Waals surface area contributed by atoms with Crippen molar-refractivity contribution in [2.75, 3.05) is 13.1 Å². The molecule has 7 nitrogen and oxygen atoms in total. The summed E-state index contributed by atoms with van der Waals surface area (Å²) in [5.74, 6) is 1.45. The van der Waals surface area contributed by atoms with Crippen LogP contribution in [0.1, 0.15) is 18.0 Å². The maximum absolute atomic E-state index is 12.7. The number of fused-ring (bicyclic) bond motifs is 1. The predicted octanol–water partition coefficient (Wildman–Crippen LogP) is 3.85. The Kier molecular flexibility index (Phi) is 4.48. The average molecular weight is 387 g/mol. The number of likely N-dealkylation sites (tertiary alicyclic amines) is 1. The number of imidazole rings is 1. The first-order valence-electron chi connectivity index (χ1n) is 9.73. The SMILES string of the molecule is O=C(NCc1ccccc1)N1CCC(n2c(-c3ccco3)nc3cccnc32)C1. The maximum Gasteiger partial charge on any atom is 0.317 e. The van der Waals surface area contributed by atoms with Gasteiger partial charge in [0.05, 0.1) is 12.3 Å². The van der Waals surface area contributed by atoms with E-state index < -0.39 is 0 Å². The molecule has 5 rings (SSSR count). The van der Waals surface area contributed by atoms with Gasteiger partial charge in [0.2, 0.25) is 0 Å². The number of nitrogens with one attached hydrogen (secondary N) is 1. The zero-order chi connectivity index (χ0) is 19.6. The minimum absolute atomic E-state index is 0.0479. The zero-order valence-electron chi connectivity index (χ0n) is 15.9. The molecule has 1 fully saturated rings. The normalized spacial score (nSPS) is 16.4. The molecule has 146 valence electrons. The number of urea groups is 1. The molecule has 3 aromatic heterocycles. The Morgan fingerprint density at radius 1 is 1.14 bits per heavy atom. The van der Waals surface area contributed by atoms with Gasteiger partial charge in [-0.15, -0.1) is 0 Å². The lowest BCUT2D eigenvalue weighted by Gasteiger charge is -2.19. The molecule has 1 N–H and O–H groups in total. The summed E-state index contributed by atoms with van der Waals surface area (Å²) in [5.41, 5.74) is 2.72. The smallest absolute Gasteiger partial charge is 0.317 e. The third-order valence-corrected chi connectivity index (χ3v) is 5.29. The van der Waals surface area contributed by atoms with Gasteiger partial charge in [0.1, 0.15) is 5.52 Å². The quantitative estimate of drug-likeness (QED) is 0.577. The van der Waals surface area contributed by atoms with E-state index in [0.29, 0.717) is 25.4 Å². The molecule has 29 heavy (non-hydrogen) atoms. The van der Waals surface area contributed by atoms with Gasteiger partial charge in [-0.2, -0.15) is 0 Å². The summed E-state index contributed by atoms with van der Waals surface area (Å²) in [6.45, 7) is 1.82. The van der Waals surface area contributed by atoms with Crippen LogP contribution >= 0.6 is 0 Å². The molecule has 1 atom stereocenters. The van der Waals surface area contributed by atoms with Crippen LogP contribution in [0, 0.1) is 0 Å². The summed E-state index contributed by atoms with van der Waals surface area (Å²) in [6.07, 6.45) is 4.25. The van der Waals surface area contributed by atoms with Crippen LogP contribution in [0.15, 0.2) is 71.5 Å². The van der Waals surface area contributed by atoms with Crippen molar-refractivity contribution in [3.8, 4) is 11.6 Å². The number of hydrogen-bond donors (Lipinski definition) is 1. The van der Waals surface area contributed by atoms with E-state index >= 15 is 0 Å². The number of pyridine rings is 1. The van der Waals surface area contributed by atoms with Crippen LogP contribution in [-0.2, 0) is 6.54 Å². The lowest BCUT2D eigenvalue weighted by Crippen LogP contribution is -2.38. The molecule has 1 aromatic carbocycles. The minimum atomic E-state index is -0.0479. The number of aromatic nitrogens is 3. The van der Waals surface area contributed by atoms with Gasteiger partial charge >= 0.3 is 6.03 Å². The Balaban J connectivity index is 1.37. The van der Waals surface area contributed by atoms with Gasteiger partial charge in [0.15, 0.2) is 17.2 Å². The molecule has 2 amide bonds. The second-order valence-corrected chi connectivity index (χ2v) is 7.16. The highest BCUT2D eigenvalue weighted by Crippen LogP contribution is 2.32. The second kappa shape index (κ2) is 7.43. The predicted molar refractivity (Wildman–Crippen MR) is 109 cm³/mol. The summed E-state index contributed by atoms with van der Waals surface area (Å²) >= 11 is 0. The van der Waals surface area contributed by atoms with Gasteiger partial charge in [-0.05, 0) is 36.2 Å². The maximum atomic E-state index is 12.7. The largest absolute Gasteiger partial charge is 0.461 e. The molecular formula is C22H21N5O2. The van der Waals surface area contributed by atoms with E-state index in [-0.39, 0.29) is 12.1 Å². The van der Waals surface area contributed by atoms with E-state index in [1.807, 2.05) is 59.5 Å². The lowest BCUT2D eigenvalue weighted by molar-refractivity contribution is 0.207. The van der Waals surface area contributed by atoms with E-state index in [0.717, 1.165) is 29.0 Å². The van der Waals surface area contributed by atoms with Crippen LogP contribution in [-0.4, -0.2) is 38.6 Å². The van der Waals surface area contributed by atoms with Crippen molar-refractivity contribution in [1.82, 2.24) is 24.8 Å². The molecule has 7 heteroatoms. The Labute approximate surface area is 168 Å². The standard InChI is InChI=1S/C22H21N5O2/c28-22(24-14-16-6-2-1-3-7-16)26-12-10-17(15-26)27-20-18(8-4-11-23-20)25-21(27)19-9-5-13-29-19/h1-9,11,13,17H,10,12,14-15H2,(H,24,28). The van der Waals surface area contributed by atoms with Gasteiger partial charge < -0.3 is 19.2 Å². The highest BCUT2D eigenvalue weighted by atomic mass is 16.3. The highest BCUT2D eigenvalue weighted by Gasteiger charge is 2.31. The van der Waals surface area contributed by atoms with Gasteiger partial charge in [-0.25, -0.2) is 14.8 Å². The van der Waals surface area contributed by atoms with Crippen molar-refractivity contribution in [2.24, 2.45) is 0 Å². The van der Waals surface area contributed by atoms with Crippen LogP contribution in [0.2, 0.25) is 0 Å². The second-order valence-electron chi connectivity index (χ2n) is 7.16. The van der Waals surface area contributed by atoms with E-state index in [9.17, 15) is 4.79 Å². The first kappa shape index (κ1) is 17.5. The number of benzene rings is 1. The third kappa shape index (κ3) is 3.35. The average Bonchev–Trinajstić information content (AvgIpc) is 3.51. The molecular weight excluding hydrogens is 366 g/mol. The minimum Gasteiger partial charge on any atom is -0.461 e. The number of nitrogens with zero attached hydrogens (tertiary/aromatic N) is 4. The number of hydrogen-bond acceptors (Lipinski definition) is 4. The zero-order valence-corrected chi connectivity index (χ0v) is 15.9. The molecule has 0 saturated carbocycles. The molecule has 4 aromatic rings. The number of amides is 2. The number of carbonyl (C=O) groups is 1.